The van der Waals surface area contributed by atoms with E-state index in [1.54, 1.807) is 24.3 Å². The van der Waals surface area contributed by atoms with Gasteiger partial charge in [0.1, 0.15) is 5.75 Å². The molecule has 0 radical (unpaired) electrons. The number of rotatable bonds is 14. The molecule has 0 fully saturated rings. The predicted molar refractivity (Wildman–Crippen MR) is 195 cm³/mol. The number of hydrogen-bond acceptors (Lipinski definition) is 5. The zero-order chi connectivity index (χ0) is 34.2. The molecule has 0 atom stereocenters. The van der Waals surface area contributed by atoms with Crippen molar-refractivity contribution in [3.05, 3.63) is 172 Å². The summed E-state index contributed by atoms with van der Waals surface area (Å²) in [5.74, 6) is 0.112. The standard InChI is InChI=1S/C40H37ClN2O5S/c1-47-40(44)32-17-20-34(21-18-32)48-26-24-35-36-27-33(41)19-22-37(36)43(39(30-13-7-3-8-14-30)31-15-9-4-10-16-31)38(35)23-25-42-49(45,46)28-29-11-5-2-6-12-29/h2-22,27,39,42H,23-26,28H2,1H3. The zero-order valence-corrected chi connectivity index (χ0v) is 28.7. The van der Waals surface area contributed by atoms with Gasteiger partial charge in [-0.15, -0.1) is 0 Å². The van der Waals surface area contributed by atoms with Crippen LogP contribution < -0.4 is 9.46 Å². The molecule has 0 amide bonds. The number of sulfonamides is 1. The van der Waals surface area contributed by atoms with Crippen LogP contribution in [-0.4, -0.2) is 39.2 Å². The van der Waals surface area contributed by atoms with Crippen molar-refractivity contribution < 1.29 is 22.7 Å². The minimum Gasteiger partial charge on any atom is -0.493 e. The van der Waals surface area contributed by atoms with Crippen molar-refractivity contribution in [2.75, 3.05) is 20.3 Å². The number of benzene rings is 5. The molecule has 0 bridgehead atoms. The average molecular weight is 693 g/mol. The summed E-state index contributed by atoms with van der Waals surface area (Å²) in [7, 11) is -2.25. The maximum Gasteiger partial charge on any atom is 0.337 e. The lowest BCUT2D eigenvalue weighted by Crippen LogP contribution is -2.28. The molecular weight excluding hydrogens is 656 g/mol. The Hall–Kier alpha value is -4.89. The van der Waals surface area contributed by atoms with Crippen molar-refractivity contribution in [1.82, 2.24) is 9.29 Å². The van der Waals surface area contributed by atoms with E-state index in [0.29, 0.717) is 35.8 Å². The molecule has 6 aromatic rings. The van der Waals surface area contributed by atoms with Crippen LogP contribution in [0.3, 0.4) is 0 Å². The van der Waals surface area contributed by atoms with Gasteiger partial charge in [-0.3, -0.25) is 0 Å². The molecule has 7 nitrogen and oxygen atoms in total. The number of nitrogens with zero attached hydrogens (tertiary/aromatic N) is 1. The van der Waals surface area contributed by atoms with E-state index in [4.69, 9.17) is 21.1 Å². The van der Waals surface area contributed by atoms with E-state index < -0.39 is 16.0 Å². The lowest BCUT2D eigenvalue weighted by atomic mass is 9.97. The molecule has 0 spiro atoms. The molecular formula is C40H37ClN2O5S. The van der Waals surface area contributed by atoms with Crippen LogP contribution in [-0.2, 0) is 33.4 Å². The Bertz CT molecular complexity index is 2080. The van der Waals surface area contributed by atoms with Crippen molar-refractivity contribution in [2.24, 2.45) is 0 Å². The van der Waals surface area contributed by atoms with Crippen LogP contribution in [0.2, 0.25) is 5.02 Å². The van der Waals surface area contributed by atoms with Crippen LogP contribution in [0.5, 0.6) is 5.75 Å². The average Bonchev–Trinajstić information content (AvgIpc) is 3.40. The Balaban J connectivity index is 1.39. The summed E-state index contributed by atoms with van der Waals surface area (Å²) >= 11 is 6.62. The molecule has 9 heteroatoms. The summed E-state index contributed by atoms with van der Waals surface area (Å²) < 4.78 is 42.5. The first-order valence-corrected chi connectivity index (χ1v) is 18.1. The lowest BCUT2D eigenvalue weighted by molar-refractivity contribution is 0.0600. The highest BCUT2D eigenvalue weighted by molar-refractivity contribution is 7.88. The van der Waals surface area contributed by atoms with Crippen LogP contribution in [0, 0.1) is 0 Å². The summed E-state index contributed by atoms with van der Waals surface area (Å²) in [6.07, 6.45) is 0.963. The van der Waals surface area contributed by atoms with Gasteiger partial charge < -0.3 is 14.0 Å². The van der Waals surface area contributed by atoms with Gasteiger partial charge in [0.15, 0.2) is 0 Å². The summed E-state index contributed by atoms with van der Waals surface area (Å²) in [5, 5.41) is 1.59. The van der Waals surface area contributed by atoms with Gasteiger partial charge in [0.05, 0.1) is 31.1 Å². The van der Waals surface area contributed by atoms with Gasteiger partial charge in [-0.2, -0.15) is 0 Å². The van der Waals surface area contributed by atoms with Crippen molar-refractivity contribution in [3.8, 4) is 5.75 Å². The van der Waals surface area contributed by atoms with Crippen molar-refractivity contribution >= 4 is 38.5 Å². The summed E-state index contributed by atoms with van der Waals surface area (Å²) in [6.45, 7) is 0.551. The van der Waals surface area contributed by atoms with E-state index in [0.717, 1.165) is 38.9 Å². The Kier molecular flexibility index (Phi) is 10.8. The fraction of sp³-hybridized carbons (Fsp3) is 0.175. The molecule has 1 aromatic heterocycles. The first-order chi connectivity index (χ1) is 23.8. The van der Waals surface area contributed by atoms with Gasteiger partial charge in [-0.1, -0.05) is 103 Å². The first kappa shape index (κ1) is 34.0. The SMILES string of the molecule is COC(=O)c1ccc(OCCc2c(CCNS(=O)(=O)Cc3ccccc3)n(C(c3ccccc3)c3ccccc3)c3ccc(Cl)cc23)cc1. The molecule has 0 aliphatic carbocycles. The highest BCUT2D eigenvalue weighted by Crippen LogP contribution is 2.37. The number of halogens is 1. The summed E-state index contributed by atoms with van der Waals surface area (Å²) in [5.41, 5.74) is 6.37. The van der Waals surface area contributed by atoms with Gasteiger partial charge >= 0.3 is 5.97 Å². The second-order valence-corrected chi connectivity index (χ2v) is 13.9. The molecule has 1 N–H and O–H groups in total. The fourth-order valence-electron chi connectivity index (χ4n) is 6.26. The number of esters is 1. The topological polar surface area (TPSA) is 86.6 Å². The first-order valence-electron chi connectivity index (χ1n) is 16.1. The van der Waals surface area contributed by atoms with Gasteiger partial charge in [0, 0.05) is 41.0 Å². The Morgan fingerprint density at radius 2 is 1.41 bits per heavy atom. The number of aromatic nitrogens is 1. The summed E-state index contributed by atoms with van der Waals surface area (Å²) in [4.78, 5) is 11.9. The fourth-order valence-corrected chi connectivity index (χ4v) is 7.58. The van der Waals surface area contributed by atoms with E-state index >= 15 is 0 Å². The molecule has 0 saturated carbocycles. The largest absolute Gasteiger partial charge is 0.493 e. The van der Waals surface area contributed by atoms with Crippen molar-refractivity contribution in [2.45, 2.75) is 24.6 Å². The smallest absolute Gasteiger partial charge is 0.337 e. The number of hydrogen-bond donors (Lipinski definition) is 1. The number of carbonyl (C=O) groups is 1. The molecule has 0 aliphatic heterocycles. The van der Waals surface area contributed by atoms with E-state index in [1.165, 1.54) is 7.11 Å². The molecule has 6 rings (SSSR count). The maximum absolute atomic E-state index is 13.2. The van der Waals surface area contributed by atoms with Gasteiger partial charge in [-0.25, -0.2) is 17.9 Å². The highest BCUT2D eigenvalue weighted by atomic mass is 35.5. The second kappa shape index (κ2) is 15.6. The predicted octanol–water partition coefficient (Wildman–Crippen LogP) is 8.00. The third-order valence-electron chi connectivity index (χ3n) is 8.45. The molecule has 0 saturated heterocycles. The van der Waals surface area contributed by atoms with Gasteiger partial charge in [0.2, 0.25) is 10.0 Å². The molecule has 5 aromatic carbocycles. The van der Waals surface area contributed by atoms with E-state index in [2.05, 4.69) is 33.6 Å². The minimum atomic E-state index is -3.59. The lowest BCUT2D eigenvalue weighted by Gasteiger charge is -2.25. The Labute approximate surface area is 292 Å². The van der Waals surface area contributed by atoms with Crippen LogP contribution in [0.1, 0.15) is 44.3 Å². The number of fused-ring (bicyclic) bond motifs is 1. The van der Waals surface area contributed by atoms with Crippen LogP contribution in [0.4, 0.5) is 0 Å². The molecule has 250 valence electrons. The third kappa shape index (κ3) is 8.23. The van der Waals surface area contributed by atoms with Gasteiger partial charge in [-0.05, 0) is 64.7 Å². The van der Waals surface area contributed by atoms with Crippen LogP contribution in [0.15, 0.2) is 133 Å². The Morgan fingerprint density at radius 1 is 0.796 bits per heavy atom. The molecule has 1 heterocycles. The summed E-state index contributed by atoms with van der Waals surface area (Å²) in [6, 6.07) is 42.3. The monoisotopic (exact) mass is 692 g/mol. The Morgan fingerprint density at radius 3 is 2.02 bits per heavy atom. The number of methoxy groups -OCH3 is 1. The molecule has 0 aliphatic rings. The number of nitrogens with one attached hydrogen (secondary N) is 1. The third-order valence-corrected chi connectivity index (χ3v) is 10.0. The number of ether oxygens (including phenoxy) is 2. The van der Waals surface area contributed by atoms with Crippen LogP contribution >= 0.6 is 11.6 Å². The van der Waals surface area contributed by atoms with Crippen molar-refractivity contribution in [1.29, 1.82) is 0 Å². The zero-order valence-electron chi connectivity index (χ0n) is 27.1. The number of carbonyl (C=O) groups excluding carboxylic acids is 1. The van der Waals surface area contributed by atoms with E-state index in [9.17, 15) is 13.2 Å². The maximum atomic E-state index is 13.2. The van der Waals surface area contributed by atoms with Crippen molar-refractivity contribution in [3.63, 3.8) is 0 Å². The normalized spacial score (nSPS) is 11.6. The van der Waals surface area contributed by atoms with Crippen LogP contribution in [0.25, 0.3) is 10.9 Å². The quantitative estimate of drug-likeness (QED) is 0.117. The minimum absolute atomic E-state index is 0.0987. The van der Waals surface area contributed by atoms with Gasteiger partial charge in [0.25, 0.3) is 0 Å². The molecule has 49 heavy (non-hydrogen) atoms. The highest BCUT2D eigenvalue weighted by Gasteiger charge is 2.26. The molecule has 0 unspecified atom stereocenters. The van der Waals surface area contributed by atoms with E-state index in [-0.39, 0.29) is 18.3 Å². The second-order valence-electron chi connectivity index (χ2n) is 11.7. The van der Waals surface area contributed by atoms with E-state index in [1.807, 2.05) is 84.9 Å².